The molecule has 0 saturated carbocycles. The molecule has 1 aliphatic heterocycles. The van der Waals surface area contributed by atoms with Gasteiger partial charge in [0.05, 0.1) is 18.6 Å². The van der Waals surface area contributed by atoms with Crippen molar-refractivity contribution in [2.24, 2.45) is 0 Å². The van der Waals surface area contributed by atoms with Crippen LogP contribution in [0.15, 0.2) is 55.2 Å². The Morgan fingerprint density at radius 3 is 2.92 bits per heavy atom. The molecule has 1 saturated heterocycles. The van der Waals surface area contributed by atoms with E-state index in [0.29, 0.717) is 10.9 Å². The van der Waals surface area contributed by atoms with E-state index in [1.807, 2.05) is 47.8 Å². The van der Waals surface area contributed by atoms with Gasteiger partial charge < -0.3 is 9.47 Å². The minimum Gasteiger partial charge on any atom is -0.336 e. The molecule has 2 aromatic heterocycles. The van der Waals surface area contributed by atoms with Crippen LogP contribution in [0.1, 0.15) is 28.6 Å². The molecule has 1 amide bonds. The molecule has 5 nitrogen and oxygen atoms in total. The molecule has 1 aromatic carbocycles. The Labute approximate surface area is 144 Å². The smallest absolute Gasteiger partial charge is 0.265 e. The number of piperidine rings is 1. The number of amides is 1. The highest BCUT2D eigenvalue weighted by molar-refractivity contribution is 7.16. The van der Waals surface area contributed by atoms with Crippen LogP contribution < -0.4 is 0 Å². The summed E-state index contributed by atoms with van der Waals surface area (Å²) in [6, 6.07) is 10.3. The zero-order valence-corrected chi connectivity index (χ0v) is 14.0. The largest absolute Gasteiger partial charge is 0.336 e. The van der Waals surface area contributed by atoms with Crippen LogP contribution in [-0.4, -0.2) is 38.4 Å². The first-order chi connectivity index (χ1) is 11.8. The van der Waals surface area contributed by atoms with E-state index in [0.717, 1.165) is 36.5 Å². The standard InChI is InChI=1S/C18H18N4OS/c23-18(16-11-20-17(24-16)14-5-2-1-3-6-14)21-9-4-7-15(12-21)22-10-8-19-13-22/h1-3,5-6,8,10-11,13,15H,4,7,9,12H2/t15-/m0/s1. The fourth-order valence-electron chi connectivity index (χ4n) is 3.11. The highest BCUT2D eigenvalue weighted by atomic mass is 32.1. The first kappa shape index (κ1) is 15.1. The van der Waals surface area contributed by atoms with Crippen LogP contribution in [0.2, 0.25) is 0 Å². The number of rotatable bonds is 3. The second-order valence-electron chi connectivity index (χ2n) is 5.95. The lowest BCUT2D eigenvalue weighted by Gasteiger charge is -2.33. The number of nitrogens with zero attached hydrogens (tertiary/aromatic N) is 4. The number of aromatic nitrogens is 3. The summed E-state index contributed by atoms with van der Waals surface area (Å²) in [5.41, 5.74) is 1.05. The highest BCUT2D eigenvalue weighted by Gasteiger charge is 2.26. The molecular formula is C18H18N4OS. The number of carbonyl (C=O) groups is 1. The van der Waals surface area contributed by atoms with Crippen molar-refractivity contribution in [3.8, 4) is 10.6 Å². The topological polar surface area (TPSA) is 51.0 Å². The third kappa shape index (κ3) is 2.97. The molecule has 1 fully saturated rings. The van der Waals surface area contributed by atoms with Gasteiger partial charge in [-0.15, -0.1) is 11.3 Å². The van der Waals surface area contributed by atoms with E-state index >= 15 is 0 Å². The summed E-state index contributed by atoms with van der Waals surface area (Å²) in [6.45, 7) is 1.54. The predicted octanol–water partition coefficient (Wildman–Crippen LogP) is 3.48. The van der Waals surface area contributed by atoms with E-state index in [1.54, 1.807) is 12.4 Å². The summed E-state index contributed by atoms with van der Waals surface area (Å²) < 4.78 is 2.10. The predicted molar refractivity (Wildman–Crippen MR) is 94.0 cm³/mol. The third-order valence-corrected chi connectivity index (χ3v) is 5.40. The molecule has 0 spiro atoms. The molecule has 0 bridgehead atoms. The lowest BCUT2D eigenvalue weighted by Crippen LogP contribution is -2.40. The van der Waals surface area contributed by atoms with E-state index < -0.39 is 0 Å². The molecule has 0 N–H and O–H groups in total. The van der Waals surface area contributed by atoms with E-state index in [9.17, 15) is 4.79 Å². The van der Waals surface area contributed by atoms with Gasteiger partial charge in [-0.05, 0) is 12.8 Å². The summed E-state index contributed by atoms with van der Waals surface area (Å²) in [5, 5.41) is 0.891. The summed E-state index contributed by atoms with van der Waals surface area (Å²) in [7, 11) is 0. The maximum absolute atomic E-state index is 12.8. The molecule has 0 unspecified atom stereocenters. The number of thiazole rings is 1. The van der Waals surface area contributed by atoms with E-state index in [-0.39, 0.29) is 5.91 Å². The summed E-state index contributed by atoms with van der Waals surface area (Å²) in [4.78, 5) is 24.0. The van der Waals surface area contributed by atoms with Crippen LogP contribution in [0.4, 0.5) is 0 Å². The van der Waals surface area contributed by atoms with Crippen molar-refractivity contribution >= 4 is 17.2 Å². The molecular weight excluding hydrogens is 320 g/mol. The lowest BCUT2D eigenvalue weighted by molar-refractivity contribution is 0.0684. The summed E-state index contributed by atoms with van der Waals surface area (Å²) in [5.74, 6) is 0.0829. The molecule has 122 valence electrons. The summed E-state index contributed by atoms with van der Waals surface area (Å²) >= 11 is 1.46. The fourth-order valence-corrected chi connectivity index (χ4v) is 4.00. The average Bonchev–Trinajstić information content (AvgIpc) is 3.34. The molecule has 4 rings (SSSR count). The number of hydrogen-bond acceptors (Lipinski definition) is 4. The minimum absolute atomic E-state index is 0.0829. The first-order valence-corrected chi connectivity index (χ1v) is 8.91. The van der Waals surface area contributed by atoms with Crippen molar-refractivity contribution < 1.29 is 4.79 Å². The van der Waals surface area contributed by atoms with Gasteiger partial charge >= 0.3 is 0 Å². The van der Waals surface area contributed by atoms with Crippen molar-refractivity contribution in [2.45, 2.75) is 18.9 Å². The molecule has 3 heterocycles. The number of benzene rings is 1. The van der Waals surface area contributed by atoms with Gasteiger partial charge in [0, 0.05) is 31.0 Å². The van der Waals surface area contributed by atoms with E-state index in [2.05, 4.69) is 14.5 Å². The number of imidazole rings is 1. The maximum atomic E-state index is 12.8. The Balaban J connectivity index is 1.50. The third-order valence-electron chi connectivity index (χ3n) is 4.37. The van der Waals surface area contributed by atoms with Crippen LogP contribution in [0.25, 0.3) is 10.6 Å². The van der Waals surface area contributed by atoms with Gasteiger partial charge in [0.25, 0.3) is 5.91 Å². The second kappa shape index (κ2) is 6.57. The Morgan fingerprint density at radius 2 is 2.12 bits per heavy atom. The SMILES string of the molecule is O=C(c1cnc(-c2ccccc2)s1)N1CCC[C@H](n2ccnc2)C1. The monoisotopic (exact) mass is 338 g/mol. The normalized spacial score (nSPS) is 17.8. The van der Waals surface area contributed by atoms with Crippen molar-refractivity contribution in [1.29, 1.82) is 0 Å². The van der Waals surface area contributed by atoms with E-state index in [4.69, 9.17) is 0 Å². The number of carbonyl (C=O) groups excluding carboxylic acids is 1. The van der Waals surface area contributed by atoms with Gasteiger partial charge in [-0.1, -0.05) is 30.3 Å². The molecule has 1 aliphatic rings. The quantitative estimate of drug-likeness (QED) is 0.734. The highest BCUT2D eigenvalue weighted by Crippen LogP contribution is 2.28. The lowest BCUT2D eigenvalue weighted by atomic mass is 10.1. The van der Waals surface area contributed by atoms with Crippen LogP contribution >= 0.6 is 11.3 Å². The van der Waals surface area contributed by atoms with Gasteiger partial charge in [-0.3, -0.25) is 4.79 Å². The van der Waals surface area contributed by atoms with Gasteiger partial charge in [-0.25, -0.2) is 9.97 Å². The molecule has 0 aliphatic carbocycles. The van der Waals surface area contributed by atoms with Crippen LogP contribution in [0, 0.1) is 0 Å². The van der Waals surface area contributed by atoms with Crippen LogP contribution in [0.5, 0.6) is 0 Å². The zero-order chi connectivity index (χ0) is 16.4. The van der Waals surface area contributed by atoms with Crippen LogP contribution in [0.3, 0.4) is 0 Å². The number of hydrogen-bond donors (Lipinski definition) is 0. The van der Waals surface area contributed by atoms with Crippen molar-refractivity contribution in [1.82, 2.24) is 19.4 Å². The average molecular weight is 338 g/mol. The molecule has 6 heteroatoms. The van der Waals surface area contributed by atoms with Gasteiger partial charge in [0.2, 0.25) is 0 Å². The minimum atomic E-state index is 0.0829. The molecule has 0 radical (unpaired) electrons. The van der Waals surface area contributed by atoms with Crippen molar-refractivity contribution in [3.63, 3.8) is 0 Å². The Kier molecular flexibility index (Phi) is 4.13. The second-order valence-corrected chi connectivity index (χ2v) is 6.98. The van der Waals surface area contributed by atoms with E-state index in [1.165, 1.54) is 11.3 Å². The Bertz CT molecular complexity index is 813. The Morgan fingerprint density at radius 1 is 1.25 bits per heavy atom. The Hall–Kier alpha value is -2.47. The van der Waals surface area contributed by atoms with Crippen molar-refractivity contribution in [3.05, 3.63) is 60.1 Å². The van der Waals surface area contributed by atoms with Gasteiger partial charge in [-0.2, -0.15) is 0 Å². The van der Waals surface area contributed by atoms with Crippen LogP contribution in [-0.2, 0) is 0 Å². The van der Waals surface area contributed by atoms with Gasteiger partial charge in [0.1, 0.15) is 9.88 Å². The molecule has 24 heavy (non-hydrogen) atoms. The fraction of sp³-hybridized carbons (Fsp3) is 0.278. The molecule has 3 aromatic rings. The first-order valence-electron chi connectivity index (χ1n) is 8.09. The maximum Gasteiger partial charge on any atom is 0.265 e. The number of likely N-dealkylation sites (tertiary alicyclic amines) is 1. The summed E-state index contributed by atoms with van der Waals surface area (Å²) in [6.07, 6.45) is 9.39. The zero-order valence-electron chi connectivity index (χ0n) is 13.2. The van der Waals surface area contributed by atoms with Crippen molar-refractivity contribution in [2.75, 3.05) is 13.1 Å². The molecule has 1 atom stereocenters. The van der Waals surface area contributed by atoms with Gasteiger partial charge in [0.15, 0.2) is 0 Å².